The number of hydrogen-bond acceptors (Lipinski definition) is 8. The summed E-state index contributed by atoms with van der Waals surface area (Å²) in [5.41, 5.74) is 4.80. The number of nitrogens with one attached hydrogen (secondary N) is 1. The van der Waals surface area contributed by atoms with E-state index in [4.69, 9.17) is 9.15 Å². The van der Waals surface area contributed by atoms with E-state index in [9.17, 15) is 4.79 Å². The minimum Gasteiger partial charge on any atom is -0.462 e. The third-order valence-electron chi connectivity index (χ3n) is 6.17. The number of fused-ring (bicyclic) bond motifs is 1. The smallest absolute Gasteiger partial charge is 0.342 e. The highest BCUT2D eigenvalue weighted by atomic mass is 16.5. The molecule has 176 valence electrons. The standard InChI is InChI=1S/C25H33N5O3/c1-5-32-25(31)21-19(4)33-24-22(21)23(27-16-28-24)26-9-6-10-29-11-13-30(14-12-29)20-15-17(2)7-8-18(20)3/h7-8,15-16H,5-6,9-14H2,1-4H3,(H,26,27,28). The fourth-order valence-corrected chi connectivity index (χ4v) is 4.41. The molecule has 0 atom stereocenters. The Kier molecular flexibility index (Phi) is 7.13. The summed E-state index contributed by atoms with van der Waals surface area (Å²) in [6.07, 6.45) is 2.43. The molecule has 0 radical (unpaired) electrons. The molecule has 3 heterocycles. The summed E-state index contributed by atoms with van der Waals surface area (Å²) >= 11 is 0. The molecule has 0 aliphatic carbocycles. The highest BCUT2D eigenvalue weighted by molar-refractivity contribution is 6.07. The lowest BCUT2D eigenvalue weighted by atomic mass is 10.1. The van der Waals surface area contributed by atoms with Gasteiger partial charge >= 0.3 is 5.97 Å². The van der Waals surface area contributed by atoms with Crippen LogP contribution in [0.15, 0.2) is 28.9 Å². The van der Waals surface area contributed by atoms with Crippen molar-refractivity contribution >= 4 is 28.6 Å². The Labute approximate surface area is 194 Å². The second-order valence-electron chi connectivity index (χ2n) is 8.56. The molecular weight excluding hydrogens is 418 g/mol. The Balaban J connectivity index is 1.31. The first kappa shape index (κ1) is 23.0. The normalized spacial score (nSPS) is 14.6. The zero-order valence-corrected chi connectivity index (χ0v) is 20.0. The van der Waals surface area contributed by atoms with E-state index in [1.165, 1.54) is 23.1 Å². The Morgan fingerprint density at radius 3 is 2.70 bits per heavy atom. The molecule has 33 heavy (non-hydrogen) atoms. The molecule has 2 aromatic heterocycles. The Hall–Kier alpha value is -3.13. The van der Waals surface area contributed by atoms with Crippen LogP contribution in [-0.4, -0.2) is 66.7 Å². The molecule has 0 spiro atoms. The maximum atomic E-state index is 12.4. The molecule has 0 saturated carbocycles. The summed E-state index contributed by atoms with van der Waals surface area (Å²) in [7, 11) is 0. The number of carbonyl (C=O) groups is 1. The van der Waals surface area contributed by atoms with Crippen LogP contribution < -0.4 is 10.2 Å². The van der Waals surface area contributed by atoms with Crippen molar-refractivity contribution in [3.8, 4) is 0 Å². The van der Waals surface area contributed by atoms with Crippen LogP contribution in [0.1, 0.15) is 40.6 Å². The summed E-state index contributed by atoms with van der Waals surface area (Å²) in [6, 6.07) is 6.68. The van der Waals surface area contributed by atoms with Crippen LogP contribution in [0.25, 0.3) is 11.1 Å². The lowest BCUT2D eigenvalue weighted by Crippen LogP contribution is -2.47. The van der Waals surface area contributed by atoms with Gasteiger partial charge in [-0.25, -0.2) is 14.8 Å². The van der Waals surface area contributed by atoms with Gasteiger partial charge in [-0.05, 0) is 57.9 Å². The van der Waals surface area contributed by atoms with Gasteiger partial charge in [-0.3, -0.25) is 4.90 Å². The first-order valence-corrected chi connectivity index (χ1v) is 11.7. The molecule has 4 rings (SSSR count). The lowest BCUT2D eigenvalue weighted by Gasteiger charge is -2.37. The van der Waals surface area contributed by atoms with E-state index in [0.717, 1.165) is 45.7 Å². The van der Waals surface area contributed by atoms with Crippen molar-refractivity contribution in [2.75, 3.05) is 56.1 Å². The summed E-state index contributed by atoms with van der Waals surface area (Å²) in [5, 5.41) is 3.96. The Bertz CT molecular complexity index is 1120. The second kappa shape index (κ2) is 10.2. The SMILES string of the molecule is CCOC(=O)c1c(C)oc2ncnc(NCCCN3CCN(c4cc(C)ccc4C)CC3)c12. The molecule has 8 heteroatoms. The summed E-state index contributed by atoms with van der Waals surface area (Å²) in [4.78, 5) is 25.9. The zero-order valence-electron chi connectivity index (χ0n) is 20.0. The van der Waals surface area contributed by atoms with Gasteiger partial charge in [0.2, 0.25) is 5.71 Å². The van der Waals surface area contributed by atoms with E-state index in [1.54, 1.807) is 13.8 Å². The number of carbonyl (C=O) groups excluding carboxylic acids is 1. The number of hydrogen-bond donors (Lipinski definition) is 1. The van der Waals surface area contributed by atoms with Crippen LogP contribution in [0.4, 0.5) is 11.5 Å². The summed E-state index contributed by atoms with van der Waals surface area (Å²) in [5.74, 6) is 0.696. The number of furan rings is 1. The van der Waals surface area contributed by atoms with Gasteiger partial charge in [0.15, 0.2) is 0 Å². The number of rotatable bonds is 8. The topological polar surface area (TPSA) is 83.7 Å². The summed E-state index contributed by atoms with van der Waals surface area (Å²) < 4.78 is 10.9. The van der Waals surface area contributed by atoms with Gasteiger partial charge < -0.3 is 19.4 Å². The average molecular weight is 452 g/mol. The number of aryl methyl sites for hydroxylation is 3. The molecule has 0 amide bonds. The first-order valence-electron chi connectivity index (χ1n) is 11.7. The van der Waals surface area contributed by atoms with Crippen LogP contribution in [0, 0.1) is 20.8 Å². The van der Waals surface area contributed by atoms with Gasteiger partial charge in [-0.1, -0.05) is 12.1 Å². The lowest BCUT2D eigenvalue weighted by molar-refractivity contribution is 0.0526. The second-order valence-corrected chi connectivity index (χ2v) is 8.56. The minimum atomic E-state index is -0.409. The Morgan fingerprint density at radius 1 is 1.15 bits per heavy atom. The van der Waals surface area contributed by atoms with Crippen molar-refractivity contribution in [1.29, 1.82) is 0 Å². The predicted octanol–water partition coefficient (Wildman–Crippen LogP) is 3.95. The van der Waals surface area contributed by atoms with Gasteiger partial charge in [0.25, 0.3) is 0 Å². The predicted molar refractivity (Wildman–Crippen MR) is 130 cm³/mol. The maximum absolute atomic E-state index is 12.4. The van der Waals surface area contributed by atoms with Crippen molar-refractivity contribution in [3.05, 3.63) is 47.0 Å². The third-order valence-corrected chi connectivity index (χ3v) is 6.17. The average Bonchev–Trinajstić information content (AvgIpc) is 3.15. The quantitative estimate of drug-likeness (QED) is 0.407. The number of esters is 1. The minimum absolute atomic E-state index is 0.304. The molecule has 0 unspecified atom stereocenters. The molecule has 1 aliphatic heterocycles. The fraction of sp³-hybridized carbons (Fsp3) is 0.480. The Morgan fingerprint density at radius 2 is 1.94 bits per heavy atom. The molecule has 1 saturated heterocycles. The van der Waals surface area contributed by atoms with Crippen LogP contribution in [-0.2, 0) is 4.74 Å². The van der Waals surface area contributed by atoms with Crippen LogP contribution >= 0.6 is 0 Å². The van der Waals surface area contributed by atoms with Crippen LogP contribution in [0.5, 0.6) is 0 Å². The van der Waals surface area contributed by atoms with E-state index in [2.05, 4.69) is 57.1 Å². The van der Waals surface area contributed by atoms with E-state index >= 15 is 0 Å². The summed E-state index contributed by atoms with van der Waals surface area (Å²) in [6.45, 7) is 14.1. The van der Waals surface area contributed by atoms with Crippen molar-refractivity contribution in [1.82, 2.24) is 14.9 Å². The van der Waals surface area contributed by atoms with Gasteiger partial charge in [-0.15, -0.1) is 0 Å². The highest BCUT2D eigenvalue weighted by Crippen LogP contribution is 2.29. The van der Waals surface area contributed by atoms with E-state index in [-0.39, 0.29) is 0 Å². The van der Waals surface area contributed by atoms with E-state index in [1.807, 2.05) is 0 Å². The highest BCUT2D eigenvalue weighted by Gasteiger charge is 2.24. The maximum Gasteiger partial charge on any atom is 0.342 e. The molecule has 0 bridgehead atoms. The van der Waals surface area contributed by atoms with Crippen molar-refractivity contribution in [3.63, 3.8) is 0 Å². The molecular formula is C25H33N5O3. The third kappa shape index (κ3) is 5.11. The number of nitrogens with zero attached hydrogens (tertiary/aromatic N) is 4. The zero-order chi connectivity index (χ0) is 23.4. The molecule has 1 aliphatic rings. The molecule has 1 N–H and O–H groups in total. The molecule has 8 nitrogen and oxygen atoms in total. The van der Waals surface area contributed by atoms with Crippen LogP contribution in [0.2, 0.25) is 0 Å². The molecule has 1 aromatic carbocycles. The van der Waals surface area contributed by atoms with Crippen molar-refractivity contribution in [2.24, 2.45) is 0 Å². The van der Waals surface area contributed by atoms with Gasteiger partial charge in [0.1, 0.15) is 23.5 Å². The number of aromatic nitrogens is 2. The molecule has 1 fully saturated rings. The number of benzene rings is 1. The van der Waals surface area contributed by atoms with Crippen LogP contribution in [0.3, 0.4) is 0 Å². The number of anilines is 2. The first-order chi connectivity index (χ1) is 16.0. The molecule has 3 aromatic rings. The van der Waals surface area contributed by atoms with Gasteiger partial charge in [-0.2, -0.15) is 0 Å². The van der Waals surface area contributed by atoms with Gasteiger partial charge in [0, 0.05) is 38.4 Å². The monoisotopic (exact) mass is 451 g/mol. The largest absolute Gasteiger partial charge is 0.462 e. The van der Waals surface area contributed by atoms with Gasteiger partial charge in [0.05, 0.1) is 12.0 Å². The van der Waals surface area contributed by atoms with Crippen molar-refractivity contribution in [2.45, 2.75) is 34.1 Å². The number of ether oxygens (including phenoxy) is 1. The number of piperazine rings is 1. The fourth-order valence-electron chi connectivity index (χ4n) is 4.41. The van der Waals surface area contributed by atoms with E-state index < -0.39 is 5.97 Å². The van der Waals surface area contributed by atoms with E-state index in [0.29, 0.717) is 34.8 Å². The van der Waals surface area contributed by atoms with Crippen molar-refractivity contribution < 1.29 is 13.9 Å².